The second-order valence-corrected chi connectivity index (χ2v) is 12.1. The van der Waals surface area contributed by atoms with Crippen molar-refractivity contribution in [2.75, 3.05) is 44.2 Å². The molecule has 3 aliphatic rings. The molecule has 0 saturated carbocycles. The summed E-state index contributed by atoms with van der Waals surface area (Å²) in [5.41, 5.74) is 4.06. The highest BCUT2D eigenvalue weighted by Gasteiger charge is 2.26. The van der Waals surface area contributed by atoms with Crippen LogP contribution in [0.5, 0.6) is 5.75 Å². The average Bonchev–Trinajstić information content (AvgIpc) is 3.62. The van der Waals surface area contributed by atoms with Crippen LogP contribution in [0.4, 0.5) is 5.69 Å². The van der Waals surface area contributed by atoms with Crippen molar-refractivity contribution in [3.8, 4) is 11.8 Å². The Hall–Kier alpha value is -4.42. The SMILES string of the molecule is N#Cc1ccc(OC2CCN(C(=O)c3ccc(C(=O)NC4CCN(Cc5ccc(N6CCCC6)cc5)CC4)nc3)CC2)cc1. The Labute approximate surface area is 259 Å². The molecule has 1 N–H and O–H groups in total. The quantitative estimate of drug-likeness (QED) is 0.407. The number of aromatic nitrogens is 1. The topological polar surface area (TPSA) is 102 Å². The van der Waals surface area contributed by atoms with Crippen molar-refractivity contribution < 1.29 is 14.3 Å². The van der Waals surface area contributed by atoms with Gasteiger partial charge in [-0.3, -0.25) is 19.5 Å². The Kier molecular flexibility index (Phi) is 9.37. The molecule has 3 fully saturated rings. The normalized spacial score (nSPS) is 18.2. The molecule has 9 nitrogen and oxygen atoms in total. The summed E-state index contributed by atoms with van der Waals surface area (Å²) < 4.78 is 6.04. The van der Waals surface area contributed by atoms with Crippen LogP contribution in [0.1, 0.15) is 70.5 Å². The first-order chi connectivity index (χ1) is 21.5. The van der Waals surface area contributed by atoms with E-state index in [1.807, 2.05) is 4.90 Å². The van der Waals surface area contributed by atoms with E-state index < -0.39 is 0 Å². The highest BCUT2D eigenvalue weighted by molar-refractivity contribution is 5.96. The van der Waals surface area contributed by atoms with E-state index in [4.69, 9.17) is 10.00 Å². The number of carbonyl (C=O) groups is 2. The summed E-state index contributed by atoms with van der Waals surface area (Å²) in [7, 11) is 0. The Bertz CT molecular complexity index is 1450. The third-order valence-electron chi connectivity index (χ3n) is 8.99. The van der Waals surface area contributed by atoms with Gasteiger partial charge in [-0.25, -0.2) is 0 Å². The number of pyridine rings is 1. The van der Waals surface area contributed by atoms with Crippen LogP contribution in [0, 0.1) is 11.3 Å². The molecular weight excluding hydrogens is 552 g/mol. The van der Waals surface area contributed by atoms with Crippen molar-refractivity contribution >= 4 is 17.5 Å². The maximum Gasteiger partial charge on any atom is 0.270 e. The minimum atomic E-state index is -0.194. The number of nitriles is 1. The highest BCUT2D eigenvalue weighted by Crippen LogP contribution is 2.23. The minimum absolute atomic E-state index is 0.0224. The molecule has 0 spiro atoms. The monoisotopic (exact) mass is 592 g/mol. The minimum Gasteiger partial charge on any atom is -0.490 e. The molecule has 3 aliphatic heterocycles. The fourth-order valence-electron chi connectivity index (χ4n) is 6.35. The van der Waals surface area contributed by atoms with Gasteiger partial charge in [-0.2, -0.15) is 5.26 Å². The number of piperidine rings is 2. The largest absolute Gasteiger partial charge is 0.490 e. The number of hydrogen-bond donors (Lipinski definition) is 1. The van der Waals surface area contributed by atoms with Gasteiger partial charge in [0, 0.05) is 76.6 Å². The third kappa shape index (κ3) is 7.37. The number of rotatable bonds is 8. The molecule has 9 heteroatoms. The van der Waals surface area contributed by atoms with Crippen LogP contribution >= 0.6 is 0 Å². The number of nitrogens with zero attached hydrogens (tertiary/aromatic N) is 5. The van der Waals surface area contributed by atoms with Gasteiger partial charge in [-0.15, -0.1) is 0 Å². The lowest BCUT2D eigenvalue weighted by Gasteiger charge is -2.32. The highest BCUT2D eigenvalue weighted by atomic mass is 16.5. The van der Waals surface area contributed by atoms with Gasteiger partial charge in [0.25, 0.3) is 11.8 Å². The number of amides is 2. The summed E-state index contributed by atoms with van der Waals surface area (Å²) in [6, 6.07) is 21.6. The number of anilines is 1. The first kappa shape index (κ1) is 29.6. The van der Waals surface area contributed by atoms with E-state index in [1.54, 1.807) is 36.4 Å². The molecule has 0 atom stereocenters. The van der Waals surface area contributed by atoms with E-state index in [-0.39, 0.29) is 24.0 Å². The molecule has 3 saturated heterocycles. The third-order valence-corrected chi connectivity index (χ3v) is 8.99. The van der Waals surface area contributed by atoms with Gasteiger partial charge in [0.05, 0.1) is 17.2 Å². The number of likely N-dealkylation sites (tertiary alicyclic amines) is 2. The van der Waals surface area contributed by atoms with Crippen molar-refractivity contribution in [1.82, 2.24) is 20.1 Å². The van der Waals surface area contributed by atoms with Crippen molar-refractivity contribution in [2.24, 2.45) is 0 Å². The summed E-state index contributed by atoms with van der Waals surface area (Å²) in [5.74, 6) is 0.455. The van der Waals surface area contributed by atoms with Crippen molar-refractivity contribution in [2.45, 2.75) is 57.2 Å². The Balaban J connectivity index is 0.919. The molecule has 228 valence electrons. The summed E-state index contributed by atoms with van der Waals surface area (Å²) in [6.45, 7) is 6.31. The standard InChI is InChI=1S/C35H40N6O3/c36-23-26-5-10-31(11-6-26)44-32-15-21-41(22-16-32)35(43)28-7-12-33(37-24-28)34(42)38-29-13-19-39(20-14-29)25-27-3-8-30(9-4-27)40-17-1-2-18-40/h3-12,24,29,32H,1-2,13-22,25H2,(H,38,42). The van der Waals surface area contributed by atoms with Crippen LogP contribution in [0.15, 0.2) is 66.9 Å². The fraction of sp³-hybridized carbons (Fsp3) is 0.429. The van der Waals surface area contributed by atoms with Gasteiger partial charge in [-0.1, -0.05) is 12.1 Å². The van der Waals surface area contributed by atoms with Crippen molar-refractivity contribution in [3.05, 3.63) is 89.2 Å². The van der Waals surface area contributed by atoms with Crippen molar-refractivity contribution in [1.29, 1.82) is 5.26 Å². The molecule has 0 aliphatic carbocycles. The second-order valence-electron chi connectivity index (χ2n) is 12.1. The van der Waals surface area contributed by atoms with Crippen LogP contribution in [-0.2, 0) is 6.54 Å². The first-order valence-electron chi connectivity index (χ1n) is 15.8. The zero-order valence-corrected chi connectivity index (χ0v) is 25.2. The summed E-state index contributed by atoms with van der Waals surface area (Å²) in [5, 5.41) is 12.1. The van der Waals surface area contributed by atoms with Crippen LogP contribution in [0.2, 0.25) is 0 Å². The smallest absolute Gasteiger partial charge is 0.270 e. The van der Waals surface area contributed by atoms with Crippen molar-refractivity contribution in [3.63, 3.8) is 0 Å². The molecular formula is C35H40N6O3. The van der Waals surface area contributed by atoms with Crippen LogP contribution < -0.4 is 15.0 Å². The number of carbonyl (C=O) groups excluding carboxylic acids is 2. The number of benzene rings is 2. The lowest BCUT2D eigenvalue weighted by Crippen LogP contribution is -2.44. The summed E-state index contributed by atoms with van der Waals surface area (Å²) in [6.07, 6.45) is 7.36. The molecule has 1 aromatic heterocycles. The van der Waals surface area contributed by atoms with Crippen LogP contribution in [0.25, 0.3) is 0 Å². The fourth-order valence-corrected chi connectivity index (χ4v) is 6.35. The first-order valence-corrected chi connectivity index (χ1v) is 15.8. The van der Waals surface area contributed by atoms with Gasteiger partial charge in [0.2, 0.25) is 0 Å². The number of nitrogens with one attached hydrogen (secondary N) is 1. The van der Waals surface area contributed by atoms with E-state index in [0.717, 1.165) is 64.2 Å². The van der Waals surface area contributed by atoms with Crippen LogP contribution in [-0.4, -0.2) is 78.0 Å². The lowest BCUT2D eigenvalue weighted by atomic mass is 10.0. The molecule has 44 heavy (non-hydrogen) atoms. The van der Waals surface area contributed by atoms with Gasteiger partial charge >= 0.3 is 0 Å². The Morgan fingerprint density at radius 1 is 0.864 bits per heavy atom. The van der Waals surface area contributed by atoms with E-state index in [9.17, 15) is 9.59 Å². The van der Waals surface area contributed by atoms with E-state index >= 15 is 0 Å². The summed E-state index contributed by atoms with van der Waals surface area (Å²) >= 11 is 0. The summed E-state index contributed by atoms with van der Waals surface area (Å²) in [4.78, 5) is 37.0. The van der Waals surface area contributed by atoms with Gasteiger partial charge in [0.1, 0.15) is 17.5 Å². The molecule has 0 radical (unpaired) electrons. The molecule has 4 heterocycles. The second kappa shape index (κ2) is 13.9. The van der Waals surface area contributed by atoms with E-state index in [0.29, 0.717) is 29.9 Å². The maximum absolute atomic E-state index is 13.1. The van der Waals surface area contributed by atoms with Gasteiger partial charge in [0.15, 0.2) is 0 Å². The predicted molar refractivity (Wildman–Crippen MR) is 169 cm³/mol. The average molecular weight is 593 g/mol. The zero-order chi connectivity index (χ0) is 30.3. The lowest BCUT2D eigenvalue weighted by molar-refractivity contribution is 0.0594. The molecule has 3 aromatic rings. The predicted octanol–water partition coefficient (Wildman–Crippen LogP) is 4.63. The Morgan fingerprint density at radius 2 is 1.57 bits per heavy atom. The molecule has 2 aromatic carbocycles. The number of hydrogen-bond acceptors (Lipinski definition) is 7. The van der Waals surface area contributed by atoms with Gasteiger partial charge < -0.3 is 19.9 Å². The molecule has 0 bridgehead atoms. The van der Waals surface area contributed by atoms with E-state index in [2.05, 4.69) is 50.4 Å². The molecule has 0 unspecified atom stereocenters. The zero-order valence-electron chi connectivity index (χ0n) is 25.2. The van der Waals surface area contributed by atoms with E-state index in [1.165, 1.54) is 30.3 Å². The molecule has 2 amide bonds. The Morgan fingerprint density at radius 3 is 2.20 bits per heavy atom. The van der Waals surface area contributed by atoms with Gasteiger partial charge in [-0.05, 0) is 79.8 Å². The molecule has 6 rings (SSSR count). The number of ether oxygens (including phenoxy) is 1. The maximum atomic E-state index is 13.1. The van der Waals surface area contributed by atoms with Crippen LogP contribution in [0.3, 0.4) is 0 Å².